The molecule has 2 aliphatic heterocycles. The number of amides is 4. The van der Waals surface area contributed by atoms with Gasteiger partial charge in [0.2, 0.25) is 17.7 Å². The van der Waals surface area contributed by atoms with Crippen LogP contribution in [-0.4, -0.2) is 62.8 Å². The number of halogens is 2. The van der Waals surface area contributed by atoms with E-state index in [1.165, 1.54) is 15.9 Å². The van der Waals surface area contributed by atoms with Crippen LogP contribution in [0.15, 0.2) is 48.7 Å². The Hall–Kier alpha value is -4.87. The highest BCUT2D eigenvalue weighted by molar-refractivity contribution is 6.06. The van der Waals surface area contributed by atoms with Crippen LogP contribution in [0, 0.1) is 11.6 Å². The molecule has 4 amide bonds. The monoisotopic (exact) mass is 657 g/mol. The standard InChI is InChI=1S/C36H37F2N5O5/c1-33(2,3)48-32(47)43-19-36(11-10-24-26(36)14-22(37)15-27(24)38)42(31(46)34(43,4)5)18-28(44)40-23-9-8-20-16-35(17-21(20)13-23)25-7-6-12-39-29(25)41-30(35)45/h6-9,12-15H,10-11,16-19H2,1-5H3,(H,40,44)(H,39,41,45). The van der Waals surface area contributed by atoms with Gasteiger partial charge < -0.3 is 20.3 Å². The molecule has 250 valence electrons. The van der Waals surface area contributed by atoms with Gasteiger partial charge in [-0.3, -0.25) is 19.3 Å². The molecular formula is C36H37F2N5O5. The fourth-order valence-electron chi connectivity index (χ4n) is 7.89. The van der Waals surface area contributed by atoms with Crippen LogP contribution < -0.4 is 10.6 Å². The number of benzene rings is 2. The molecule has 0 saturated carbocycles. The Morgan fingerprint density at radius 2 is 1.79 bits per heavy atom. The van der Waals surface area contributed by atoms with E-state index in [1.807, 2.05) is 24.3 Å². The summed E-state index contributed by atoms with van der Waals surface area (Å²) < 4.78 is 35.4. The van der Waals surface area contributed by atoms with Gasteiger partial charge in [0.25, 0.3) is 0 Å². The second-order valence-electron chi connectivity index (χ2n) is 14.8. The predicted octanol–water partition coefficient (Wildman–Crippen LogP) is 4.99. The number of pyridine rings is 1. The van der Waals surface area contributed by atoms with Crippen molar-refractivity contribution < 1.29 is 32.7 Å². The number of anilines is 2. The zero-order valence-corrected chi connectivity index (χ0v) is 27.5. The number of piperazine rings is 1. The van der Waals surface area contributed by atoms with Crippen molar-refractivity contribution in [2.75, 3.05) is 23.7 Å². The van der Waals surface area contributed by atoms with Crippen LogP contribution in [0.4, 0.5) is 25.1 Å². The first-order chi connectivity index (χ1) is 22.5. The number of carbonyl (C=O) groups is 4. The summed E-state index contributed by atoms with van der Waals surface area (Å²) in [5.41, 5.74) is -0.725. The summed E-state index contributed by atoms with van der Waals surface area (Å²) in [7, 11) is 0. The number of hydrogen-bond acceptors (Lipinski definition) is 6. The summed E-state index contributed by atoms with van der Waals surface area (Å²) in [6.07, 6.45) is 2.21. The fraction of sp³-hybridized carbons (Fsp3) is 0.417. The van der Waals surface area contributed by atoms with Gasteiger partial charge in [-0.1, -0.05) is 12.1 Å². The number of nitrogens with zero attached hydrogens (tertiary/aromatic N) is 3. The molecule has 1 saturated heterocycles. The van der Waals surface area contributed by atoms with Crippen molar-refractivity contribution in [2.24, 2.45) is 0 Å². The molecule has 4 aliphatic rings. The summed E-state index contributed by atoms with van der Waals surface area (Å²) in [5.74, 6) is -2.18. The summed E-state index contributed by atoms with van der Waals surface area (Å²) in [6, 6.07) is 11.2. The minimum atomic E-state index is -1.43. The van der Waals surface area contributed by atoms with Crippen molar-refractivity contribution in [3.63, 3.8) is 0 Å². The van der Waals surface area contributed by atoms with E-state index in [1.54, 1.807) is 46.9 Å². The van der Waals surface area contributed by atoms with Crippen LogP contribution in [0.25, 0.3) is 0 Å². The topological polar surface area (TPSA) is 121 Å². The van der Waals surface area contributed by atoms with Crippen molar-refractivity contribution >= 4 is 35.3 Å². The maximum Gasteiger partial charge on any atom is 0.411 e. The van der Waals surface area contributed by atoms with Crippen molar-refractivity contribution in [2.45, 2.75) is 82.4 Å². The lowest BCUT2D eigenvalue weighted by Gasteiger charge is -2.55. The molecule has 7 rings (SSSR count). The normalized spacial score (nSPS) is 23.6. The lowest BCUT2D eigenvalue weighted by Crippen LogP contribution is -2.72. The molecule has 1 aromatic heterocycles. The van der Waals surface area contributed by atoms with Gasteiger partial charge in [0.1, 0.15) is 35.1 Å². The highest BCUT2D eigenvalue weighted by atomic mass is 19.1. The zero-order chi connectivity index (χ0) is 34.4. The van der Waals surface area contributed by atoms with Crippen molar-refractivity contribution in [3.05, 3.63) is 88.1 Å². The minimum Gasteiger partial charge on any atom is -0.444 e. The number of rotatable bonds is 3. The van der Waals surface area contributed by atoms with E-state index in [0.29, 0.717) is 24.3 Å². The molecule has 2 spiro atoms. The van der Waals surface area contributed by atoms with Crippen LogP contribution in [-0.2, 0) is 49.3 Å². The van der Waals surface area contributed by atoms with Gasteiger partial charge in [0.05, 0.1) is 17.5 Å². The average molecular weight is 658 g/mol. The number of ether oxygens (including phenoxy) is 1. The number of carbonyl (C=O) groups excluding carboxylic acids is 4. The maximum atomic E-state index is 15.1. The van der Waals surface area contributed by atoms with Crippen LogP contribution in [0.2, 0.25) is 0 Å². The molecule has 2 aliphatic carbocycles. The van der Waals surface area contributed by atoms with Crippen LogP contribution in [0.1, 0.15) is 68.9 Å². The number of hydrogen-bond donors (Lipinski definition) is 2. The van der Waals surface area contributed by atoms with Gasteiger partial charge in [-0.05, 0) is 107 Å². The maximum absolute atomic E-state index is 15.1. The Balaban J connectivity index is 1.18. The minimum absolute atomic E-state index is 0.111. The smallest absolute Gasteiger partial charge is 0.411 e. The van der Waals surface area contributed by atoms with Gasteiger partial charge >= 0.3 is 6.09 Å². The van der Waals surface area contributed by atoms with E-state index in [0.717, 1.165) is 22.8 Å². The largest absolute Gasteiger partial charge is 0.444 e. The number of aromatic nitrogens is 1. The Labute approximate surface area is 276 Å². The lowest BCUT2D eigenvalue weighted by atomic mass is 9.79. The summed E-state index contributed by atoms with van der Waals surface area (Å²) in [4.78, 5) is 61.7. The van der Waals surface area contributed by atoms with E-state index in [4.69, 9.17) is 4.74 Å². The third-order valence-electron chi connectivity index (χ3n) is 10.2. The zero-order valence-electron chi connectivity index (χ0n) is 27.5. The van der Waals surface area contributed by atoms with Crippen LogP contribution >= 0.6 is 0 Å². The van der Waals surface area contributed by atoms with Gasteiger partial charge in [0.15, 0.2) is 0 Å². The molecule has 2 N–H and O–H groups in total. The van der Waals surface area contributed by atoms with Gasteiger partial charge in [-0.15, -0.1) is 0 Å². The fourth-order valence-corrected chi connectivity index (χ4v) is 7.89. The van der Waals surface area contributed by atoms with Crippen molar-refractivity contribution in [1.82, 2.24) is 14.8 Å². The molecule has 1 fully saturated rings. The summed E-state index contributed by atoms with van der Waals surface area (Å²) in [5, 5.41) is 5.79. The Morgan fingerprint density at radius 3 is 2.54 bits per heavy atom. The second kappa shape index (κ2) is 10.6. The molecular weight excluding hydrogens is 620 g/mol. The molecule has 10 nitrogen and oxygen atoms in total. The SMILES string of the molecule is CC(C)(C)OC(=O)N1CC2(CCc3c(F)cc(F)cc32)N(CC(=O)Nc2ccc3c(c2)CC2(C3)C(=O)Nc3ncccc32)C(=O)C1(C)C. The first kappa shape index (κ1) is 31.7. The van der Waals surface area contributed by atoms with Crippen molar-refractivity contribution in [3.8, 4) is 0 Å². The summed E-state index contributed by atoms with van der Waals surface area (Å²) >= 11 is 0. The molecule has 2 atom stereocenters. The average Bonchev–Trinajstić information content (AvgIpc) is 3.64. The number of nitrogens with one attached hydrogen (secondary N) is 2. The van der Waals surface area contributed by atoms with E-state index < -0.39 is 58.2 Å². The molecule has 48 heavy (non-hydrogen) atoms. The van der Waals surface area contributed by atoms with E-state index in [-0.39, 0.29) is 36.4 Å². The molecule has 0 bridgehead atoms. The quantitative estimate of drug-likeness (QED) is 0.410. The third kappa shape index (κ3) is 4.83. The third-order valence-corrected chi connectivity index (χ3v) is 10.2. The molecule has 2 unspecified atom stereocenters. The van der Waals surface area contributed by atoms with Gasteiger partial charge in [0, 0.05) is 23.5 Å². The van der Waals surface area contributed by atoms with Crippen LogP contribution in [0.3, 0.4) is 0 Å². The first-order valence-corrected chi connectivity index (χ1v) is 16.0. The summed E-state index contributed by atoms with van der Waals surface area (Å²) in [6.45, 7) is 7.73. The van der Waals surface area contributed by atoms with Crippen LogP contribution in [0.5, 0.6) is 0 Å². The Morgan fingerprint density at radius 1 is 1.04 bits per heavy atom. The molecule has 3 heterocycles. The second-order valence-corrected chi connectivity index (χ2v) is 14.8. The van der Waals surface area contributed by atoms with E-state index >= 15 is 4.39 Å². The molecule has 0 radical (unpaired) electrons. The van der Waals surface area contributed by atoms with Gasteiger partial charge in [-0.2, -0.15) is 0 Å². The van der Waals surface area contributed by atoms with Gasteiger partial charge in [-0.25, -0.2) is 18.6 Å². The first-order valence-electron chi connectivity index (χ1n) is 16.0. The highest BCUT2D eigenvalue weighted by Gasteiger charge is 2.59. The molecule has 2 aromatic carbocycles. The molecule has 3 aromatic rings. The molecule has 12 heteroatoms. The Kier molecular flexibility index (Phi) is 6.98. The highest BCUT2D eigenvalue weighted by Crippen LogP contribution is 2.49. The van der Waals surface area contributed by atoms with E-state index in [2.05, 4.69) is 15.6 Å². The Bertz CT molecular complexity index is 1920. The van der Waals surface area contributed by atoms with E-state index in [9.17, 15) is 23.6 Å². The number of fused-ring (bicyclic) bond motifs is 5. The lowest BCUT2D eigenvalue weighted by molar-refractivity contribution is -0.164. The van der Waals surface area contributed by atoms with Crippen molar-refractivity contribution in [1.29, 1.82) is 0 Å². The predicted molar refractivity (Wildman–Crippen MR) is 172 cm³/mol.